The molecule has 0 aliphatic carbocycles. The molecule has 0 spiro atoms. The summed E-state index contributed by atoms with van der Waals surface area (Å²) in [6.45, 7) is 3.66. The van der Waals surface area contributed by atoms with Gasteiger partial charge in [0.2, 0.25) is 0 Å². The van der Waals surface area contributed by atoms with E-state index in [9.17, 15) is 4.79 Å². The van der Waals surface area contributed by atoms with Crippen molar-refractivity contribution in [2.45, 2.75) is 13.5 Å². The van der Waals surface area contributed by atoms with Crippen LogP contribution in [0, 0.1) is 0 Å². The summed E-state index contributed by atoms with van der Waals surface area (Å²) in [5.41, 5.74) is 4.97. The van der Waals surface area contributed by atoms with Gasteiger partial charge in [-0.2, -0.15) is 0 Å². The molecule has 0 atom stereocenters. The monoisotopic (exact) mass is 357 g/mol. The zero-order chi connectivity index (χ0) is 18.9. The molecule has 2 aromatic carbocycles. The van der Waals surface area contributed by atoms with E-state index in [2.05, 4.69) is 40.8 Å². The molecule has 2 N–H and O–H groups in total. The molecule has 0 radical (unpaired) electrons. The summed E-state index contributed by atoms with van der Waals surface area (Å²) in [6.07, 6.45) is 5.40. The molecule has 3 aromatic rings. The number of carbonyl (C=O) groups excluding carboxylic acids is 1. The fraction of sp³-hybridized carbons (Fsp3) is 0.130. The highest BCUT2D eigenvalue weighted by Gasteiger charge is 2.05. The van der Waals surface area contributed by atoms with E-state index in [4.69, 9.17) is 0 Å². The van der Waals surface area contributed by atoms with Gasteiger partial charge in [0, 0.05) is 36.7 Å². The highest BCUT2D eigenvalue weighted by molar-refractivity contribution is 6.04. The van der Waals surface area contributed by atoms with Crippen LogP contribution in [0.3, 0.4) is 0 Å². The molecule has 0 saturated heterocycles. The van der Waals surface area contributed by atoms with Gasteiger partial charge in [-0.3, -0.25) is 9.78 Å². The molecule has 0 aliphatic rings. The second kappa shape index (κ2) is 9.46. The number of aromatic nitrogens is 1. The van der Waals surface area contributed by atoms with E-state index in [1.165, 1.54) is 11.1 Å². The van der Waals surface area contributed by atoms with Gasteiger partial charge in [-0.15, -0.1) is 0 Å². The zero-order valence-electron chi connectivity index (χ0n) is 15.4. The van der Waals surface area contributed by atoms with Gasteiger partial charge in [0.1, 0.15) is 0 Å². The lowest BCUT2D eigenvalue weighted by atomic mass is 10.1. The number of hydrogen-bond acceptors (Lipinski definition) is 3. The summed E-state index contributed by atoms with van der Waals surface area (Å²) in [4.78, 5) is 16.2. The standard InChI is InChI=1S/C23H23N3O/c1-18(14-19-6-3-2-4-7-19)16-25-17-20-8-5-9-22(15-20)26-23(27)21-10-12-24-13-11-21/h2-15,25H,16-17H2,1H3,(H,26,27)/b18-14+. The Kier molecular flexibility index (Phi) is 6.50. The van der Waals surface area contributed by atoms with Crippen LogP contribution >= 0.6 is 0 Å². The smallest absolute Gasteiger partial charge is 0.255 e. The molecule has 27 heavy (non-hydrogen) atoms. The van der Waals surface area contributed by atoms with Crippen molar-refractivity contribution in [1.82, 2.24) is 10.3 Å². The zero-order valence-corrected chi connectivity index (χ0v) is 15.4. The van der Waals surface area contributed by atoms with E-state index in [1.54, 1.807) is 24.5 Å². The molecule has 1 amide bonds. The van der Waals surface area contributed by atoms with Crippen molar-refractivity contribution in [3.05, 3.63) is 101 Å². The van der Waals surface area contributed by atoms with E-state index in [0.29, 0.717) is 5.56 Å². The van der Waals surface area contributed by atoms with E-state index in [1.807, 2.05) is 42.5 Å². The maximum atomic E-state index is 12.2. The van der Waals surface area contributed by atoms with E-state index in [-0.39, 0.29) is 5.91 Å². The van der Waals surface area contributed by atoms with Gasteiger partial charge < -0.3 is 10.6 Å². The van der Waals surface area contributed by atoms with E-state index in [0.717, 1.165) is 24.3 Å². The molecular weight excluding hydrogens is 334 g/mol. The van der Waals surface area contributed by atoms with Gasteiger partial charge in [-0.1, -0.05) is 54.1 Å². The lowest BCUT2D eigenvalue weighted by molar-refractivity contribution is 0.102. The van der Waals surface area contributed by atoms with Gasteiger partial charge in [0.15, 0.2) is 0 Å². The highest BCUT2D eigenvalue weighted by atomic mass is 16.1. The Morgan fingerprint density at radius 1 is 1.00 bits per heavy atom. The van der Waals surface area contributed by atoms with Crippen molar-refractivity contribution in [2.75, 3.05) is 11.9 Å². The molecule has 0 fully saturated rings. The van der Waals surface area contributed by atoms with Crippen LogP contribution in [0.2, 0.25) is 0 Å². The number of rotatable bonds is 7. The average Bonchev–Trinajstić information content (AvgIpc) is 2.70. The van der Waals surface area contributed by atoms with Crippen LogP contribution < -0.4 is 10.6 Å². The van der Waals surface area contributed by atoms with Crippen LogP contribution in [-0.2, 0) is 6.54 Å². The third-order valence-corrected chi connectivity index (χ3v) is 4.07. The Bertz CT molecular complexity index is 905. The number of nitrogens with zero attached hydrogens (tertiary/aromatic N) is 1. The van der Waals surface area contributed by atoms with E-state index >= 15 is 0 Å². The number of benzene rings is 2. The van der Waals surface area contributed by atoms with Crippen molar-refractivity contribution in [3.63, 3.8) is 0 Å². The van der Waals surface area contributed by atoms with Gasteiger partial charge in [-0.05, 0) is 42.3 Å². The van der Waals surface area contributed by atoms with Crippen molar-refractivity contribution in [2.24, 2.45) is 0 Å². The predicted molar refractivity (Wildman–Crippen MR) is 110 cm³/mol. The second-order valence-electron chi connectivity index (χ2n) is 6.40. The number of amides is 1. The van der Waals surface area contributed by atoms with Crippen LogP contribution in [0.5, 0.6) is 0 Å². The summed E-state index contributed by atoms with van der Waals surface area (Å²) in [5.74, 6) is -0.135. The van der Waals surface area contributed by atoms with Crippen LogP contribution in [0.15, 0.2) is 84.7 Å². The van der Waals surface area contributed by atoms with Crippen LogP contribution in [-0.4, -0.2) is 17.4 Å². The molecule has 1 aromatic heterocycles. The third-order valence-electron chi connectivity index (χ3n) is 4.07. The highest BCUT2D eigenvalue weighted by Crippen LogP contribution is 2.12. The minimum Gasteiger partial charge on any atom is -0.322 e. The number of hydrogen-bond donors (Lipinski definition) is 2. The first-order valence-corrected chi connectivity index (χ1v) is 8.94. The van der Waals surface area contributed by atoms with E-state index < -0.39 is 0 Å². The molecule has 136 valence electrons. The molecule has 0 saturated carbocycles. The van der Waals surface area contributed by atoms with Crippen molar-refractivity contribution in [1.29, 1.82) is 0 Å². The molecule has 0 bridgehead atoms. The Labute approximate surface area is 160 Å². The first-order valence-electron chi connectivity index (χ1n) is 8.94. The largest absolute Gasteiger partial charge is 0.322 e. The first-order chi connectivity index (χ1) is 13.2. The normalized spacial score (nSPS) is 11.2. The number of nitrogens with one attached hydrogen (secondary N) is 2. The van der Waals surface area contributed by atoms with Gasteiger partial charge in [0.25, 0.3) is 5.91 Å². The van der Waals surface area contributed by atoms with Crippen molar-refractivity contribution >= 4 is 17.7 Å². The summed E-state index contributed by atoms with van der Waals surface area (Å²) in [6, 6.07) is 21.6. The predicted octanol–water partition coefficient (Wildman–Crippen LogP) is 4.53. The minimum absolute atomic E-state index is 0.135. The van der Waals surface area contributed by atoms with Gasteiger partial charge in [-0.25, -0.2) is 0 Å². The minimum atomic E-state index is -0.135. The van der Waals surface area contributed by atoms with Gasteiger partial charge >= 0.3 is 0 Å². The molecule has 3 rings (SSSR count). The maximum absolute atomic E-state index is 12.2. The number of pyridine rings is 1. The molecule has 4 nitrogen and oxygen atoms in total. The SMILES string of the molecule is C/C(=C\c1ccccc1)CNCc1cccc(NC(=O)c2ccncc2)c1. The Morgan fingerprint density at radius 3 is 2.56 bits per heavy atom. The topological polar surface area (TPSA) is 54.0 Å². The number of anilines is 1. The van der Waals surface area contributed by atoms with Crippen molar-refractivity contribution < 1.29 is 4.79 Å². The summed E-state index contributed by atoms with van der Waals surface area (Å²) in [7, 11) is 0. The Hall–Kier alpha value is -3.24. The lowest BCUT2D eigenvalue weighted by Gasteiger charge is -2.09. The fourth-order valence-corrected chi connectivity index (χ4v) is 2.75. The van der Waals surface area contributed by atoms with Crippen molar-refractivity contribution in [3.8, 4) is 0 Å². The lowest BCUT2D eigenvalue weighted by Crippen LogP contribution is -2.16. The quantitative estimate of drug-likeness (QED) is 0.653. The summed E-state index contributed by atoms with van der Waals surface area (Å²) >= 11 is 0. The maximum Gasteiger partial charge on any atom is 0.255 e. The average molecular weight is 357 g/mol. The molecule has 1 heterocycles. The second-order valence-corrected chi connectivity index (χ2v) is 6.40. The fourth-order valence-electron chi connectivity index (χ4n) is 2.75. The summed E-state index contributed by atoms with van der Waals surface area (Å²) in [5, 5.41) is 6.37. The molecular formula is C23H23N3O. The third kappa shape index (κ3) is 5.90. The van der Waals surface area contributed by atoms with Crippen LogP contribution in [0.1, 0.15) is 28.4 Å². The van der Waals surface area contributed by atoms with Gasteiger partial charge in [0.05, 0.1) is 0 Å². The van der Waals surface area contributed by atoms with Crippen LogP contribution in [0.4, 0.5) is 5.69 Å². The Morgan fingerprint density at radius 2 is 1.78 bits per heavy atom. The first kappa shape index (κ1) is 18.5. The molecule has 0 unspecified atom stereocenters. The Balaban J connectivity index is 1.53. The molecule has 4 heteroatoms. The number of carbonyl (C=O) groups is 1. The van der Waals surface area contributed by atoms with Crippen LogP contribution in [0.25, 0.3) is 6.08 Å². The molecule has 0 aliphatic heterocycles. The summed E-state index contributed by atoms with van der Waals surface area (Å²) < 4.78 is 0.